The van der Waals surface area contributed by atoms with Gasteiger partial charge < -0.3 is 45.4 Å². The van der Waals surface area contributed by atoms with Gasteiger partial charge >= 0.3 is 0 Å². The van der Waals surface area contributed by atoms with Crippen LogP contribution in [0.15, 0.2) is 0 Å². The van der Waals surface area contributed by atoms with Gasteiger partial charge in [0.1, 0.15) is 30.5 Å². The van der Waals surface area contributed by atoms with E-state index in [1.165, 1.54) is 161 Å². The van der Waals surface area contributed by atoms with Gasteiger partial charge in [-0.05, 0) is 12.8 Å². The van der Waals surface area contributed by atoms with Gasteiger partial charge in [0, 0.05) is 6.42 Å². The molecule has 1 aliphatic rings. The number of hydrogen-bond acceptors (Lipinski definition) is 9. The van der Waals surface area contributed by atoms with Crippen molar-refractivity contribution in [1.82, 2.24) is 5.32 Å². The second kappa shape index (κ2) is 37.2. The first-order valence-electron chi connectivity index (χ1n) is 23.8. The minimum absolute atomic E-state index is 0.254. The van der Waals surface area contributed by atoms with E-state index in [1.54, 1.807) is 0 Å². The Morgan fingerprint density at radius 1 is 0.554 bits per heavy atom. The average molecular weight is 802 g/mol. The van der Waals surface area contributed by atoms with Crippen molar-refractivity contribution in [1.29, 1.82) is 0 Å². The maximum Gasteiger partial charge on any atom is 0.220 e. The van der Waals surface area contributed by atoms with Crippen LogP contribution in [0.1, 0.15) is 226 Å². The fraction of sp³-hybridized carbons (Fsp3) is 0.978. The second-order valence-electron chi connectivity index (χ2n) is 17.1. The molecule has 1 aliphatic heterocycles. The molecule has 0 spiro atoms. The molecule has 7 N–H and O–H groups in total. The Bertz CT molecular complexity index is 864. The van der Waals surface area contributed by atoms with Crippen LogP contribution in [0.2, 0.25) is 0 Å². The van der Waals surface area contributed by atoms with E-state index in [-0.39, 0.29) is 18.9 Å². The molecule has 8 atom stereocenters. The fourth-order valence-electron chi connectivity index (χ4n) is 7.91. The van der Waals surface area contributed by atoms with Crippen LogP contribution in [-0.2, 0) is 14.3 Å². The first-order valence-corrected chi connectivity index (χ1v) is 23.8. The summed E-state index contributed by atoms with van der Waals surface area (Å²) in [6.07, 6.45) is 29.7. The summed E-state index contributed by atoms with van der Waals surface area (Å²) >= 11 is 0. The number of amides is 1. The lowest BCUT2D eigenvalue weighted by Gasteiger charge is -2.40. The van der Waals surface area contributed by atoms with E-state index in [9.17, 15) is 35.4 Å². The highest BCUT2D eigenvalue weighted by atomic mass is 16.7. The number of rotatable bonds is 40. The molecule has 334 valence electrons. The second-order valence-corrected chi connectivity index (χ2v) is 17.1. The molecule has 0 aromatic carbocycles. The number of nitrogens with one attached hydrogen (secondary N) is 1. The first kappa shape index (κ1) is 53.2. The maximum absolute atomic E-state index is 13.0. The molecule has 0 aromatic rings. The Morgan fingerprint density at radius 3 is 1.32 bits per heavy atom. The summed E-state index contributed by atoms with van der Waals surface area (Å²) in [6.45, 7) is 3.62. The van der Waals surface area contributed by atoms with E-state index in [0.717, 1.165) is 38.5 Å². The Balaban J connectivity index is 2.34. The lowest BCUT2D eigenvalue weighted by atomic mass is 9.98. The SMILES string of the molecule is CCCCCCCCCCCCCCCCCCCCCC(=O)N[C@@H](CO[C@@H]1O[C@H](CO)[C@H](O)C(O)C1O)[C@H](O)[C@H](O)CCCCCCCCCCCCCC. The molecule has 0 aromatic heterocycles. The zero-order valence-corrected chi connectivity index (χ0v) is 36.3. The van der Waals surface area contributed by atoms with Gasteiger partial charge in [-0.25, -0.2) is 0 Å². The lowest BCUT2D eigenvalue weighted by molar-refractivity contribution is -0.303. The molecule has 10 nitrogen and oxygen atoms in total. The van der Waals surface area contributed by atoms with Gasteiger partial charge in [0.25, 0.3) is 0 Å². The summed E-state index contributed by atoms with van der Waals surface area (Å²) in [5.74, 6) is -0.254. The van der Waals surface area contributed by atoms with E-state index in [4.69, 9.17) is 9.47 Å². The van der Waals surface area contributed by atoms with Crippen molar-refractivity contribution >= 4 is 5.91 Å². The van der Waals surface area contributed by atoms with Crippen LogP contribution in [0.4, 0.5) is 0 Å². The molecule has 1 saturated heterocycles. The van der Waals surface area contributed by atoms with Crippen molar-refractivity contribution < 1.29 is 44.9 Å². The molecule has 0 bridgehead atoms. The summed E-state index contributed by atoms with van der Waals surface area (Å²) in [6, 6.07) is -0.984. The van der Waals surface area contributed by atoms with Crippen molar-refractivity contribution in [3.8, 4) is 0 Å². The molecule has 1 heterocycles. The van der Waals surface area contributed by atoms with Crippen LogP contribution in [0.3, 0.4) is 0 Å². The number of unbranched alkanes of at least 4 members (excludes halogenated alkanes) is 29. The Labute approximate surface area is 343 Å². The maximum atomic E-state index is 13.0. The van der Waals surface area contributed by atoms with Crippen molar-refractivity contribution in [2.45, 2.75) is 275 Å². The number of carbonyl (C=O) groups excluding carboxylic acids is 1. The summed E-state index contributed by atoms with van der Waals surface area (Å²) in [5, 5.41) is 65.1. The molecule has 2 unspecified atom stereocenters. The van der Waals surface area contributed by atoms with E-state index in [0.29, 0.717) is 6.42 Å². The van der Waals surface area contributed by atoms with Crippen LogP contribution in [0.5, 0.6) is 0 Å². The van der Waals surface area contributed by atoms with Gasteiger partial charge in [0.15, 0.2) is 6.29 Å². The molecule has 0 saturated carbocycles. The summed E-state index contributed by atoms with van der Waals surface area (Å²) in [4.78, 5) is 13.0. The van der Waals surface area contributed by atoms with E-state index >= 15 is 0 Å². The van der Waals surface area contributed by atoms with Crippen LogP contribution in [-0.4, -0.2) is 98.7 Å². The van der Waals surface area contributed by atoms with E-state index in [2.05, 4.69) is 19.2 Å². The smallest absolute Gasteiger partial charge is 0.220 e. The van der Waals surface area contributed by atoms with Gasteiger partial charge in [0.2, 0.25) is 5.91 Å². The van der Waals surface area contributed by atoms with E-state index < -0.39 is 55.6 Å². The molecular weight excluding hydrogens is 711 g/mol. The summed E-state index contributed by atoms with van der Waals surface area (Å²) < 4.78 is 11.2. The minimum Gasteiger partial charge on any atom is -0.394 e. The van der Waals surface area contributed by atoms with Gasteiger partial charge in [0.05, 0.1) is 25.4 Å². The molecular formula is C46H91NO9. The Kier molecular flexibility index (Phi) is 35.3. The molecule has 1 rings (SSSR count). The Morgan fingerprint density at radius 2 is 0.929 bits per heavy atom. The third kappa shape index (κ3) is 27.0. The molecule has 1 fully saturated rings. The van der Waals surface area contributed by atoms with Gasteiger partial charge in [-0.3, -0.25) is 4.79 Å². The topological polar surface area (TPSA) is 169 Å². The molecule has 0 radical (unpaired) electrons. The largest absolute Gasteiger partial charge is 0.394 e. The molecule has 10 heteroatoms. The normalized spacial score (nSPS) is 21.6. The highest BCUT2D eigenvalue weighted by molar-refractivity contribution is 5.76. The number of aliphatic hydroxyl groups excluding tert-OH is 6. The Hall–Kier alpha value is -0.850. The predicted octanol–water partition coefficient (Wildman–Crippen LogP) is 8.92. The highest BCUT2D eigenvalue weighted by Crippen LogP contribution is 2.23. The van der Waals surface area contributed by atoms with Crippen molar-refractivity contribution in [2.24, 2.45) is 0 Å². The number of aliphatic hydroxyl groups is 6. The van der Waals surface area contributed by atoms with Crippen LogP contribution >= 0.6 is 0 Å². The number of carbonyl (C=O) groups is 1. The van der Waals surface area contributed by atoms with Crippen LogP contribution in [0.25, 0.3) is 0 Å². The van der Waals surface area contributed by atoms with Gasteiger partial charge in [-0.2, -0.15) is 0 Å². The summed E-state index contributed by atoms with van der Waals surface area (Å²) in [7, 11) is 0. The zero-order chi connectivity index (χ0) is 41.1. The van der Waals surface area contributed by atoms with E-state index in [1.807, 2.05) is 0 Å². The zero-order valence-electron chi connectivity index (χ0n) is 36.3. The van der Waals surface area contributed by atoms with Crippen LogP contribution in [0, 0.1) is 0 Å². The third-order valence-corrected chi connectivity index (χ3v) is 11.8. The highest BCUT2D eigenvalue weighted by Gasteiger charge is 2.44. The monoisotopic (exact) mass is 802 g/mol. The molecule has 1 amide bonds. The molecule has 56 heavy (non-hydrogen) atoms. The van der Waals surface area contributed by atoms with Crippen molar-refractivity contribution in [3.63, 3.8) is 0 Å². The minimum atomic E-state index is -1.60. The quantitative estimate of drug-likeness (QED) is 0.0299. The number of ether oxygens (including phenoxy) is 2. The van der Waals surface area contributed by atoms with Gasteiger partial charge in [-0.15, -0.1) is 0 Å². The summed E-state index contributed by atoms with van der Waals surface area (Å²) in [5.41, 5.74) is 0. The lowest BCUT2D eigenvalue weighted by Crippen LogP contribution is -2.60. The third-order valence-electron chi connectivity index (χ3n) is 11.8. The standard InChI is InChI=1S/C46H91NO9/c1-3-5-7-9-11-13-15-17-18-19-20-21-22-23-25-27-29-31-33-35-41(50)47-38(37-55-46-45(54)44(53)43(52)40(36-48)56-46)42(51)39(49)34-32-30-28-26-24-16-14-12-10-8-6-4-2/h38-40,42-46,48-49,51-54H,3-37H2,1-2H3,(H,47,50)/t38-,39+,40+,42-,43-,44?,45?,46+/m0/s1. The first-order chi connectivity index (χ1) is 27.3. The molecule has 0 aliphatic carbocycles. The van der Waals surface area contributed by atoms with Crippen molar-refractivity contribution in [2.75, 3.05) is 13.2 Å². The van der Waals surface area contributed by atoms with Crippen molar-refractivity contribution in [3.05, 3.63) is 0 Å². The average Bonchev–Trinajstić information content (AvgIpc) is 3.20. The van der Waals surface area contributed by atoms with Crippen LogP contribution < -0.4 is 5.32 Å². The van der Waals surface area contributed by atoms with Gasteiger partial charge in [-0.1, -0.05) is 206 Å². The predicted molar refractivity (Wildman–Crippen MR) is 227 cm³/mol. The fourth-order valence-corrected chi connectivity index (χ4v) is 7.91. The number of hydrogen-bond donors (Lipinski definition) is 7.